The van der Waals surface area contributed by atoms with Gasteiger partial charge in [-0.3, -0.25) is 0 Å². The second-order valence-electron chi connectivity index (χ2n) is 7.65. The zero-order chi connectivity index (χ0) is 16.8. The number of carbonyl (C=O) groups excluding carboxylic acids is 1. The molecule has 2 N–H and O–H groups in total. The zero-order valence-electron chi connectivity index (χ0n) is 13.4. The third kappa shape index (κ3) is 3.20. The van der Waals surface area contributed by atoms with Gasteiger partial charge in [0.05, 0.1) is 12.2 Å². The fourth-order valence-electron chi connectivity index (χ4n) is 3.44. The van der Waals surface area contributed by atoms with Crippen molar-refractivity contribution in [2.45, 2.75) is 63.6 Å². The molecule has 128 valence electrons. The van der Waals surface area contributed by atoms with E-state index in [9.17, 15) is 23.8 Å². The van der Waals surface area contributed by atoms with Crippen molar-refractivity contribution in [3.63, 3.8) is 0 Å². The molecule has 0 spiro atoms. The molecule has 0 bridgehead atoms. The molecule has 5 nitrogen and oxygen atoms in total. The Morgan fingerprint density at radius 2 is 1.73 bits per heavy atom. The summed E-state index contributed by atoms with van der Waals surface area (Å²) in [7, 11) is 0. The highest BCUT2D eigenvalue weighted by atomic mass is 19.3. The number of piperidine rings is 1. The van der Waals surface area contributed by atoms with Gasteiger partial charge in [-0.05, 0) is 33.6 Å². The first kappa shape index (κ1) is 17.4. The molecule has 0 radical (unpaired) electrons. The topological polar surface area (TPSA) is 70.0 Å². The standard InChI is InChI=1S/C15H25F2NO4/c1-12(2,3)22-11(20)18-6-4-14(21,5-7-18)13(10-19)8-15(16,17)9-13/h19,21H,4-10H2,1-3H3. The first-order valence-corrected chi connectivity index (χ1v) is 7.61. The van der Waals surface area contributed by atoms with Crippen LogP contribution in [-0.2, 0) is 4.74 Å². The van der Waals surface area contributed by atoms with Crippen molar-refractivity contribution in [3.05, 3.63) is 0 Å². The molecule has 0 atom stereocenters. The highest BCUT2D eigenvalue weighted by molar-refractivity contribution is 5.68. The molecular weight excluding hydrogens is 296 g/mol. The molecule has 2 fully saturated rings. The van der Waals surface area contributed by atoms with Gasteiger partial charge in [0, 0.05) is 31.3 Å². The van der Waals surface area contributed by atoms with Crippen LogP contribution >= 0.6 is 0 Å². The number of hydrogen-bond acceptors (Lipinski definition) is 4. The van der Waals surface area contributed by atoms with Gasteiger partial charge in [0.2, 0.25) is 5.92 Å². The fourth-order valence-corrected chi connectivity index (χ4v) is 3.44. The summed E-state index contributed by atoms with van der Waals surface area (Å²) in [6.45, 7) is 5.30. The SMILES string of the molecule is CC(C)(C)OC(=O)N1CCC(O)(C2(CO)CC(F)(F)C2)CC1. The molecular formula is C15H25F2NO4. The molecule has 2 rings (SSSR count). The summed E-state index contributed by atoms with van der Waals surface area (Å²) in [5, 5.41) is 20.2. The summed E-state index contributed by atoms with van der Waals surface area (Å²) in [4.78, 5) is 13.5. The van der Waals surface area contributed by atoms with Gasteiger partial charge >= 0.3 is 6.09 Å². The molecule has 0 aromatic carbocycles. The van der Waals surface area contributed by atoms with Crippen LogP contribution in [0.1, 0.15) is 46.5 Å². The summed E-state index contributed by atoms with van der Waals surface area (Å²) in [6.07, 6.45) is -1.13. The Hall–Kier alpha value is -0.950. The van der Waals surface area contributed by atoms with Crippen molar-refractivity contribution < 1.29 is 28.5 Å². The molecule has 2 aliphatic rings. The Labute approximate surface area is 129 Å². The maximum absolute atomic E-state index is 13.2. The molecule has 1 aliphatic carbocycles. The smallest absolute Gasteiger partial charge is 0.410 e. The van der Waals surface area contributed by atoms with Crippen LogP contribution in [0.4, 0.5) is 13.6 Å². The number of carbonyl (C=O) groups is 1. The number of hydrogen-bond donors (Lipinski definition) is 2. The Balaban J connectivity index is 1.98. The van der Waals surface area contributed by atoms with E-state index in [2.05, 4.69) is 0 Å². The number of rotatable bonds is 2. The van der Waals surface area contributed by atoms with Crippen molar-refractivity contribution >= 4 is 6.09 Å². The predicted molar refractivity (Wildman–Crippen MR) is 75.7 cm³/mol. The van der Waals surface area contributed by atoms with Gasteiger partial charge in [0.1, 0.15) is 5.60 Å². The molecule has 1 heterocycles. The Bertz CT molecular complexity index is 431. The van der Waals surface area contributed by atoms with Gasteiger partial charge in [-0.25, -0.2) is 13.6 Å². The third-order valence-corrected chi connectivity index (χ3v) is 4.73. The first-order chi connectivity index (χ1) is 9.92. The van der Waals surface area contributed by atoms with Crippen LogP contribution in [0.5, 0.6) is 0 Å². The predicted octanol–water partition coefficient (Wildman–Crippen LogP) is 2.16. The normalized spacial score (nSPS) is 26.2. The Kier molecular flexibility index (Phi) is 4.19. The van der Waals surface area contributed by atoms with Crippen molar-refractivity contribution in [1.29, 1.82) is 0 Å². The average Bonchev–Trinajstić information content (AvgIpc) is 2.33. The molecule has 0 unspecified atom stereocenters. The molecule has 0 aromatic rings. The van der Waals surface area contributed by atoms with Crippen LogP contribution in [0.2, 0.25) is 0 Å². The minimum Gasteiger partial charge on any atom is -0.444 e. The highest BCUT2D eigenvalue weighted by Crippen LogP contribution is 2.59. The lowest BCUT2D eigenvalue weighted by atomic mass is 9.54. The van der Waals surface area contributed by atoms with Crippen molar-refractivity contribution in [2.24, 2.45) is 5.41 Å². The van der Waals surface area contributed by atoms with E-state index in [1.165, 1.54) is 4.90 Å². The van der Waals surface area contributed by atoms with E-state index in [4.69, 9.17) is 4.74 Å². The summed E-state index contributed by atoms with van der Waals surface area (Å²) >= 11 is 0. The van der Waals surface area contributed by atoms with E-state index >= 15 is 0 Å². The maximum Gasteiger partial charge on any atom is 0.410 e. The number of likely N-dealkylation sites (tertiary alicyclic amines) is 1. The largest absolute Gasteiger partial charge is 0.444 e. The van der Waals surface area contributed by atoms with Crippen LogP contribution in [0.3, 0.4) is 0 Å². The minimum atomic E-state index is -2.82. The van der Waals surface area contributed by atoms with Crippen LogP contribution in [-0.4, -0.2) is 58.0 Å². The maximum atomic E-state index is 13.2. The summed E-state index contributed by atoms with van der Waals surface area (Å²) in [6, 6.07) is 0. The lowest BCUT2D eigenvalue weighted by Crippen LogP contribution is -2.65. The van der Waals surface area contributed by atoms with E-state index in [1.807, 2.05) is 0 Å². The zero-order valence-corrected chi connectivity index (χ0v) is 13.4. The number of ether oxygens (including phenoxy) is 1. The Morgan fingerprint density at radius 3 is 2.09 bits per heavy atom. The van der Waals surface area contributed by atoms with Crippen LogP contribution in [0, 0.1) is 5.41 Å². The van der Waals surface area contributed by atoms with E-state index in [1.54, 1.807) is 20.8 Å². The molecule has 1 aliphatic heterocycles. The van der Waals surface area contributed by atoms with E-state index in [0.29, 0.717) is 0 Å². The second-order valence-corrected chi connectivity index (χ2v) is 7.65. The molecule has 22 heavy (non-hydrogen) atoms. The van der Waals surface area contributed by atoms with Gasteiger partial charge in [-0.2, -0.15) is 0 Å². The van der Waals surface area contributed by atoms with Crippen LogP contribution in [0.15, 0.2) is 0 Å². The number of alkyl halides is 2. The number of nitrogens with zero attached hydrogens (tertiary/aromatic N) is 1. The minimum absolute atomic E-state index is 0.170. The molecule has 1 saturated heterocycles. The van der Waals surface area contributed by atoms with Crippen molar-refractivity contribution in [2.75, 3.05) is 19.7 Å². The van der Waals surface area contributed by atoms with Gasteiger partial charge < -0.3 is 19.8 Å². The average molecular weight is 321 g/mol. The number of amides is 1. The van der Waals surface area contributed by atoms with E-state index in [0.717, 1.165) is 0 Å². The highest BCUT2D eigenvalue weighted by Gasteiger charge is 2.65. The van der Waals surface area contributed by atoms with Gasteiger partial charge in [0.25, 0.3) is 0 Å². The second kappa shape index (κ2) is 5.30. The van der Waals surface area contributed by atoms with Gasteiger partial charge in [-0.1, -0.05) is 0 Å². The van der Waals surface area contributed by atoms with Crippen LogP contribution in [0.25, 0.3) is 0 Å². The molecule has 7 heteroatoms. The molecule has 1 saturated carbocycles. The van der Waals surface area contributed by atoms with E-state index in [-0.39, 0.29) is 25.9 Å². The Morgan fingerprint density at radius 1 is 1.23 bits per heavy atom. The summed E-state index contributed by atoms with van der Waals surface area (Å²) < 4.78 is 31.7. The lowest BCUT2D eigenvalue weighted by Gasteiger charge is -2.57. The number of halogens is 2. The van der Waals surface area contributed by atoms with Gasteiger partial charge in [0.15, 0.2) is 0 Å². The fraction of sp³-hybridized carbons (Fsp3) is 0.933. The quantitative estimate of drug-likeness (QED) is 0.818. The van der Waals surface area contributed by atoms with Crippen LogP contribution < -0.4 is 0 Å². The first-order valence-electron chi connectivity index (χ1n) is 7.61. The molecule has 0 aromatic heterocycles. The van der Waals surface area contributed by atoms with Crippen molar-refractivity contribution in [1.82, 2.24) is 4.90 Å². The summed E-state index contributed by atoms with van der Waals surface area (Å²) in [5.41, 5.74) is -3.12. The summed E-state index contributed by atoms with van der Waals surface area (Å²) in [5.74, 6) is -2.82. The van der Waals surface area contributed by atoms with E-state index < -0.39 is 48.1 Å². The third-order valence-electron chi connectivity index (χ3n) is 4.73. The molecule has 1 amide bonds. The number of aliphatic hydroxyl groups excluding tert-OH is 1. The number of aliphatic hydroxyl groups is 2. The van der Waals surface area contributed by atoms with Gasteiger partial charge in [-0.15, -0.1) is 0 Å². The lowest BCUT2D eigenvalue weighted by molar-refractivity contribution is -0.261. The van der Waals surface area contributed by atoms with Crippen molar-refractivity contribution in [3.8, 4) is 0 Å². The monoisotopic (exact) mass is 321 g/mol.